The van der Waals surface area contributed by atoms with Gasteiger partial charge in [0, 0.05) is 6.08 Å². The lowest BCUT2D eigenvalue weighted by Crippen LogP contribution is -2.27. The highest BCUT2D eigenvalue weighted by Gasteiger charge is 2.15. The van der Waals surface area contributed by atoms with Crippen molar-refractivity contribution in [2.75, 3.05) is 59.5 Å². The van der Waals surface area contributed by atoms with E-state index in [0.29, 0.717) is 46.2 Å². The number of hydrogen-bond donors (Lipinski definition) is 0. The molecule has 0 spiro atoms. The first-order valence-electron chi connectivity index (χ1n) is 8.17. The molecule has 8 nitrogen and oxygen atoms in total. The van der Waals surface area contributed by atoms with Crippen LogP contribution in [0.3, 0.4) is 0 Å². The molecule has 0 aliphatic heterocycles. The van der Waals surface area contributed by atoms with E-state index in [2.05, 4.69) is 6.58 Å². The maximum Gasteiger partial charge on any atom is 0.332 e. The third-order valence-electron chi connectivity index (χ3n) is 2.39. The molecule has 0 bridgehead atoms. The molecule has 0 rings (SSSR count). The maximum absolute atomic E-state index is 11.4. The van der Waals surface area contributed by atoms with Crippen LogP contribution in [0.2, 0.25) is 0 Å². The number of rotatable bonds is 15. The summed E-state index contributed by atoms with van der Waals surface area (Å²) in [7, 11) is 0. The zero-order valence-electron chi connectivity index (χ0n) is 15.4. The highest BCUT2D eigenvalue weighted by atomic mass is 16.6. The number of carbonyl (C=O) groups is 2. The molecule has 0 aromatic heterocycles. The van der Waals surface area contributed by atoms with Crippen LogP contribution in [0.15, 0.2) is 12.7 Å². The van der Waals surface area contributed by atoms with Crippen LogP contribution in [-0.2, 0) is 38.0 Å². The van der Waals surface area contributed by atoms with E-state index < -0.39 is 17.5 Å². The summed E-state index contributed by atoms with van der Waals surface area (Å²) >= 11 is 0. The van der Waals surface area contributed by atoms with E-state index in [1.165, 1.54) is 0 Å². The molecule has 0 aromatic carbocycles. The Labute approximate surface area is 149 Å². The Bertz CT molecular complexity index is 375. The van der Waals surface area contributed by atoms with E-state index in [1.54, 1.807) is 20.8 Å². The minimum Gasteiger partial charge on any atom is -0.460 e. The van der Waals surface area contributed by atoms with E-state index in [4.69, 9.17) is 28.4 Å². The Morgan fingerprint density at radius 3 is 1.68 bits per heavy atom. The van der Waals surface area contributed by atoms with Crippen molar-refractivity contribution in [3.63, 3.8) is 0 Å². The first-order valence-corrected chi connectivity index (χ1v) is 8.17. The molecular formula is C17H30O8. The summed E-state index contributed by atoms with van der Waals surface area (Å²) in [4.78, 5) is 22.1. The molecule has 0 saturated heterocycles. The van der Waals surface area contributed by atoms with Crippen LogP contribution in [0, 0.1) is 0 Å². The van der Waals surface area contributed by atoms with Crippen LogP contribution in [-0.4, -0.2) is 77.0 Å². The van der Waals surface area contributed by atoms with Gasteiger partial charge in [-0.05, 0) is 20.8 Å². The van der Waals surface area contributed by atoms with Crippen LogP contribution in [0.25, 0.3) is 0 Å². The lowest BCUT2D eigenvalue weighted by Gasteiger charge is -2.19. The quantitative estimate of drug-likeness (QED) is 0.243. The summed E-state index contributed by atoms with van der Waals surface area (Å²) in [5, 5.41) is 0. The normalized spacial score (nSPS) is 11.2. The van der Waals surface area contributed by atoms with Gasteiger partial charge in [0.25, 0.3) is 0 Å². The highest BCUT2D eigenvalue weighted by molar-refractivity contribution is 5.81. The molecule has 146 valence electrons. The molecule has 0 fully saturated rings. The van der Waals surface area contributed by atoms with Gasteiger partial charge in [-0.15, -0.1) is 0 Å². The van der Waals surface area contributed by atoms with Crippen LogP contribution >= 0.6 is 0 Å². The molecule has 0 aromatic rings. The molecule has 0 radical (unpaired) electrons. The van der Waals surface area contributed by atoms with Gasteiger partial charge in [0.1, 0.15) is 18.8 Å². The summed E-state index contributed by atoms with van der Waals surface area (Å²) in [6.07, 6.45) is 1.10. The van der Waals surface area contributed by atoms with E-state index >= 15 is 0 Å². The van der Waals surface area contributed by atoms with Crippen molar-refractivity contribution in [2.45, 2.75) is 26.4 Å². The summed E-state index contributed by atoms with van der Waals surface area (Å²) in [5.41, 5.74) is -0.506. The monoisotopic (exact) mass is 362 g/mol. The summed E-state index contributed by atoms with van der Waals surface area (Å²) in [6.45, 7) is 11.5. The van der Waals surface area contributed by atoms with E-state index in [9.17, 15) is 9.59 Å². The van der Waals surface area contributed by atoms with Gasteiger partial charge in [-0.25, -0.2) is 9.59 Å². The third kappa shape index (κ3) is 18.7. The van der Waals surface area contributed by atoms with Crippen LogP contribution in [0.4, 0.5) is 0 Å². The van der Waals surface area contributed by atoms with Gasteiger partial charge in [0.15, 0.2) is 0 Å². The van der Waals surface area contributed by atoms with Gasteiger partial charge < -0.3 is 28.4 Å². The molecule has 0 atom stereocenters. The van der Waals surface area contributed by atoms with Gasteiger partial charge in [-0.3, -0.25) is 0 Å². The van der Waals surface area contributed by atoms with Crippen LogP contribution in [0.1, 0.15) is 20.8 Å². The zero-order chi connectivity index (χ0) is 19.0. The van der Waals surface area contributed by atoms with Gasteiger partial charge in [0.2, 0.25) is 0 Å². The summed E-state index contributed by atoms with van der Waals surface area (Å²) in [5.74, 6) is -0.859. The number of carbonyl (C=O) groups excluding carboxylic acids is 2. The molecule has 0 amide bonds. The number of hydrogen-bond acceptors (Lipinski definition) is 8. The Kier molecular flexibility index (Phi) is 14.0. The van der Waals surface area contributed by atoms with Gasteiger partial charge >= 0.3 is 11.9 Å². The summed E-state index contributed by atoms with van der Waals surface area (Å²) in [6, 6.07) is 0. The molecule has 0 saturated carbocycles. The Balaban J connectivity index is 3.20. The topological polar surface area (TPSA) is 89.5 Å². The van der Waals surface area contributed by atoms with Crippen molar-refractivity contribution in [1.82, 2.24) is 0 Å². The molecule has 0 aliphatic carbocycles. The number of esters is 2. The summed E-state index contributed by atoms with van der Waals surface area (Å²) < 4.78 is 30.8. The standard InChI is InChI=1S/C17H30O8/c1-5-15(18)24-13-12-22-9-8-20-6-7-21-10-11-23-14-16(19)25-17(2,3)4/h5H,1,6-14H2,2-4H3. The Hall–Kier alpha value is -1.48. The van der Waals surface area contributed by atoms with E-state index in [-0.39, 0.29) is 13.2 Å². The first kappa shape index (κ1) is 23.5. The minimum atomic E-state index is -0.506. The fourth-order valence-electron chi connectivity index (χ4n) is 1.45. The molecule has 8 heteroatoms. The Morgan fingerprint density at radius 2 is 1.24 bits per heavy atom. The van der Waals surface area contributed by atoms with Crippen LogP contribution in [0.5, 0.6) is 0 Å². The molecule has 0 heterocycles. The predicted molar refractivity (Wildman–Crippen MR) is 90.3 cm³/mol. The van der Waals surface area contributed by atoms with Crippen LogP contribution < -0.4 is 0 Å². The fraction of sp³-hybridized carbons (Fsp3) is 0.765. The Morgan fingerprint density at radius 1 is 0.800 bits per heavy atom. The lowest BCUT2D eigenvalue weighted by molar-refractivity contribution is -0.160. The van der Waals surface area contributed by atoms with Gasteiger partial charge in [-0.1, -0.05) is 6.58 Å². The zero-order valence-corrected chi connectivity index (χ0v) is 15.4. The van der Waals surface area contributed by atoms with Gasteiger partial charge in [-0.2, -0.15) is 0 Å². The molecule has 0 aliphatic rings. The lowest BCUT2D eigenvalue weighted by atomic mass is 10.2. The van der Waals surface area contributed by atoms with E-state index in [0.717, 1.165) is 6.08 Å². The van der Waals surface area contributed by atoms with Crippen molar-refractivity contribution >= 4 is 11.9 Å². The van der Waals surface area contributed by atoms with E-state index in [1.807, 2.05) is 0 Å². The maximum atomic E-state index is 11.4. The molecule has 25 heavy (non-hydrogen) atoms. The average Bonchev–Trinajstić information content (AvgIpc) is 2.53. The van der Waals surface area contributed by atoms with Crippen molar-refractivity contribution in [3.8, 4) is 0 Å². The van der Waals surface area contributed by atoms with Crippen molar-refractivity contribution in [1.29, 1.82) is 0 Å². The third-order valence-corrected chi connectivity index (χ3v) is 2.39. The second kappa shape index (κ2) is 14.8. The predicted octanol–water partition coefficient (Wildman–Crippen LogP) is 1.12. The molecule has 0 N–H and O–H groups in total. The smallest absolute Gasteiger partial charge is 0.332 e. The largest absolute Gasteiger partial charge is 0.460 e. The second-order valence-electron chi connectivity index (χ2n) is 5.85. The molecular weight excluding hydrogens is 332 g/mol. The number of ether oxygens (including phenoxy) is 6. The van der Waals surface area contributed by atoms with Crippen molar-refractivity contribution in [3.05, 3.63) is 12.7 Å². The average molecular weight is 362 g/mol. The highest BCUT2D eigenvalue weighted by Crippen LogP contribution is 2.06. The minimum absolute atomic E-state index is 0.0867. The van der Waals surface area contributed by atoms with Crippen molar-refractivity contribution in [2.24, 2.45) is 0 Å². The fourth-order valence-corrected chi connectivity index (χ4v) is 1.45. The second-order valence-corrected chi connectivity index (χ2v) is 5.85. The van der Waals surface area contributed by atoms with Gasteiger partial charge in [0.05, 0.1) is 46.2 Å². The van der Waals surface area contributed by atoms with Crippen molar-refractivity contribution < 1.29 is 38.0 Å². The SMILES string of the molecule is C=CC(=O)OCCOCCOCCOCCOCC(=O)OC(C)(C)C. The molecule has 0 unspecified atom stereocenters. The first-order chi connectivity index (χ1) is 11.8.